The van der Waals surface area contributed by atoms with Gasteiger partial charge in [-0.3, -0.25) is 9.52 Å². The number of rotatable bonds is 3. The van der Waals surface area contributed by atoms with Gasteiger partial charge >= 0.3 is 0 Å². The number of anilines is 2. The maximum Gasteiger partial charge on any atom is 0.265 e. The van der Waals surface area contributed by atoms with Crippen LogP contribution < -0.4 is 14.8 Å². The van der Waals surface area contributed by atoms with Crippen LogP contribution in [0.4, 0.5) is 11.4 Å². The molecule has 126 valence electrons. The molecule has 0 aliphatic carbocycles. The number of sulfonamides is 1. The van der Waals surface area contributed by atoms with Gasteiger partial charge in [-0.2, -0.15) is 0 Å². The normalized spacial score (nSPS) is 16.8. The lowest BCUT2D eigenvalue weighted by Crippen LogP contribution is -2.34. The Morgan fingerprint density at radius 2 is 1.96 bits per heavy atom. The molecule has 0 fully saturated rings. The van der Waals surface area contributed by atoms with Gasteiger partial charge < -0.3 is 10.1 Å². The maximum absolute atomic E-state index is 12.6. The van der Waals surface area contributed by atoms with E-state index in [0.29, 0.717) is 27.7 Å². The third kappa shape index (κ3) is 3.18. The Kier molecular flexibility index (Phi) is 4.15. The first-order chi connectivity index (χ1) is 11.3. The van der Waals surface area contributed by atoms with Gasteiger partial charge in [0.25, 0.3) is 15.9 Å². The van der Waals surface area contributed by atoms with Gasteiger partial charge in [0, 0.05) is 5.02 Å². The second-order valence-corrected chi connectivity index (χ2v) is 7.59. The lowest BCUT2D eigenvalue weighted by molar-refractivity contribution is -0.122. The number of hydrogen-bond donors (Lipinski definition) is 2. The minimum absolute atomic E-state index is 0.0223. The molecule has 6 nitrogen and oxygen atoms in total. The molecule has 0 spiro atoms. The fraction of sp³-hybridized carbons (Fsp3) is 0.188. The number of hydrogen-bond acceptors (Lipinski definition) is 4. The Bertz CT molecular complexity index is 928. The summed E-state index contributed by atoms with van der Waals surface area (Å²) in [6.07, 6.45) is -0.616. The Morgan fingerprint density at radius 1 is 1.21 bits per heavy atom. The zero-order chi connectivity index (χ0) is 17.5. The topological polar surface area (TPSA) is 84.5 Å². The second kappa shape index (κ2) is 5.99. The van der Waals surface area contributed by atoms with Gasteiger partial charge in [-0.15, -0.1) is 0 Å². The van der Waals surface area contributed by atoms with Crippen molar-refractivity contribution in [3.05, 3.63) is 47.0 Å². The SMILES string of the molecule is Cc1cc(Cl)ccc1NS(=O)(=O)c1ccc2c(c1)NC(=O)C(C)O2. The first-order valence-corrected chi connectivity index (χ1v) is 9.03. The number of fused-ring (bicyclic) bond motifs is 1. The number of carbonyl (C=O) groups is 1. The summed E-state index contributed by atoms with van der Waals surface area (Å²) in [5, 5.41) is 3.16. The van der Waals surface area contributed by atoms with E-state index in [4.69, 9.17) is 16.3 Å². The van der Waals surface area contributed by atoms with Crippen molar-refractivity contribution in [1.29, 1.82) is 0 Å². The van der Waals surface area contributed by atoms with Crippen LogP contribution in [0.2, 0.25) is 5.02 Å². The molecule has 1 aliphatic rings. The highest BCUT2D eigenvalue weighted by atomic mass is 35.5. The minimum atomic E-state index is -3.81. The van der Waals surface area contributed by atoms with Crippen LogP contribution in [-0.2, 0) is 14.8 Å². The summed E-state index contributed by atoms with van der Waals surface area (Å²) in [4.78, 5) is 11.7. The van der Waals surface area contributed by atoms with Gasteiger partial charge in [0.2, 0.25) is 0 Å². The molecule has 24 heavy (non-hydrogen) atoms. The first-order valence-electron chi connectivity index (χ1n) is 7.17. The molecule has 1 heterocycles. The van der Waals surface area contributed by atoms with Crippen LogP contribution >= 0.6 is 11.6 Å². The van der Waals surface area contributed by atoms with Crippen molar-refractivity contribution >= 4 is 38.9 Å². The monoisotopic (exact) mass is 366 g/mol. The van der Waals surface area contributed by atoms with Crippen molar-refractivity contribution in [2.45, 2.75) is 24.8 Å². The molecule has 2 aromatic rings. The van der Waals surface area contributed by atoms with Crippen LogP contribution in [0.1, 0.15) is 12.5 Å². The van der Waals surface area contributed by atoms with Crippen LogP contribution in [0.25, 0.3) is 0 Å². The minimum Gasteiger partial charge on any atom is -0.479 e. The van der Waals surface area contributed by atoms with Crippen LogP contribution in [-0.4, -0.2) is 20.4 Å². The van der Waals surface area contributed by atoms with E-state index in [9.17, 15) is 13.2 Å². The van der Waals surface area contributed by atoms with Crippen LogP contribution in [0.3, 0.4) is 0 Å². The van der Waals surface area contributed by atoms with Crippen molar-refractivity contribution in [3.8, 4) is 5.75 Å². The highest BCUT2D eigenvalue weighted by Crippen LogP contribution is 2.32. The van der Waals surface area contributed by atoms with E-state index in [-0.39, 0.29) is 10.8 Å². The number of amides is 1. The molecule has 0 radical (unpaired) electrons. The fourth-order valence-electron chi connectivity index (χ4n) is 2.30. The average molecular weight is 367 g/mol. The van der Waals surface area contributed by atoms with Gasteiger partial charge in [0.15, 0.2) is 6.10 Å². The molecule has 1 atom stereocenters. The van der Waals surface area contributed by atoms with Crippen molar-refractivity contribution in [2.24, 2.45) is 0 Å². The second-order valence-electron chi connectivity index (χ2n) is 5.47. The Balaban J connectivity index is 1.93. The molecule has 8 heteroatoms. The van der Waals surface area contributed by atoms with Crippen LogP contribution in [0.15, 0.2) is 41.3 Å². The average Bonchev–Trinajstić information content (AvgIpc) is 2.51. The van der Waals surface area contributed by atoms with Crippen molar-refractivity contribution < 1.29 is 17.9 Å². The van der Waals surface area contributed by atoms with Crippen LogP contribution in [0, 0.1) is 6.92 Å². The summed E-state index contributed by atoms with van der Waals surface area (Å²) in [6.45, 7) is 3.37. The fourth-order valence-corrected chi connectivity index (χ4v) is 3.68. The maximum atomic E-state index is 12.6. The third-order valence-corrected chi connectivity index (χ3v) is 5.22. The van der Waals surface area contributed by atoms with E-state index in [1.165, 1.54) is 18.2 Å². The summed E-state index contributed by atoms with van der Waals surface area (Å²) in [5.74, 6) is 0.113. The summed E-state index contributed by atoms with van der Waals surface area (Å²) in [7, 11) is -3.81. The van der Waals surface area contributed by atoms with Gasteiger partial charge in [0.1, 0.15) is 5.75 Å². The van der Waals surface area contributed by atoms with Gasteiger partial charge in [-0.05, 0) is 55.8 Å². The van der Waals surface area contributed by atoms with E-state index in [2.05, 4.69) is 10.0 Å². The largest absolute Gasteiger partial charge is 0.479 e. The zero-order valence-corrected chi connectivity index (χ0v) is 14.5. The summed E-state index contributed by atoms with van der Waals surface area (Å²) < 4.78 is 33.1. The molecule has 0 bridgehead atoms. The molecule has 1 amide bonds. The Labute approximate surface area is 144 Å². The molecule has 1 aliphatic heterocycles. The number of halogens is 1. The highest BCUT2D eigenvalue weighted by Gasteiger charge is 2.25. The van der Waals surface area contributed by atoms with E-state index in [1.807, 2.05) is 0 Å². The van der Waals surface area contributed by atoms with Gasteiger partial charge in [0.05, 0.1) is 16.3 Å². The zero-order valence-electron chi connectivity index (χ0n) is 13.0. The Morgan fingerprint density at radius 3 is 2.67 bits per heavy atom. The molecular formula is C16H15ClN2O4S. The molecule has 0 aromatic heterocycles. The molecule has 3 rings (SSSR count). The van der Waals surface area contributed by atoms with Crippen molar-refractivity contribution in [1.82, 2.24) is 0 Å². The van der Waals surface area contributed by atoms with Crippen molar-refractivity contribution in [3.63, 3.8) is 0 Å². The van der Waals surface area contributed by atoms with Crippen LogP contribution in [0.5, 0.6) is 5.75 Å². The lowest BCUT2D eigenvalue weighted by Gasteiger charge is -2.23. The quantitative estimate of drug-likeness (QED) is 0.873. The molecule has 2 aromatic carbocycles. The van der Waals surface area contributed by atoms with E-state index < -0.39 is 16.1 Å². The predicted octanol–water partition coefficient (Wildman–Crippen LogP) is 3.17. The van der Waals surface area contributed by atoms with Gasteiger partial charge in [-0.25, -0.2) is 8.42 Å². The van der Waals surface area contributed by atoms with Gasteiger partial charge in [-0.1, -0.05) is 11.6 Å². The molecular weight excluding hydrogens is 352 g/mol. The Hall–Kier alpha value is -2.25. The molecule has 0 saturated carbocycles. The number of benzene rings is 2. The predicted molar refractivity (Wildman–Crippen MR) is 92.2 cm³/mol. The standard InChI is InChI=1S/C16H15ClN2O4S/c1-9-7-11(17)3-5-13(9)19-24(21,22)12-4-6-15-14(8-12)18-16(20)10(2)23-15/h3-8,10,19H,1-2H3,(H,18,20). The molecule has 0 saturated heterocycles. The molecule has 1 unspecified atom stereocenters. The number of carbonyl (C=O) groups excluding carboxylic acids is 1. The third-order valence-electron chi connectivity index (χ3n) is 3.62. The lowest BCUT2D eigenvalue weighted by atomic mass is 10.2. The summed E-state index contributed by atoms with van der Waals surface area (Å²) in [5.41, 5.74) is 1.47. The van der Waals surface area contributed by atoms with Crippen molar-refractivity contribution in [2.75, 3.05) is 10.0 Å². The van der Waals surface area contributed by atoms with E-state index in [0.717, 1.165) is 0 Å². The number of ether oxygens (including phenoxy) is 1. The number of aryl methyl sites for hydroxylation is 1. The first kappa shape index (κ1) is 16.6. The smallest absolute Gasteiger partial charge is 0.265 e. The van der Waals surface area contributed by atoms with E-state index in [1.54, 1.807) is 32.0 Å². The number of nitrogens with one attached hydrogen (secondary N) is 2. The summed E-state index contributed by atoms with van der Waals surface area (Å²) >= 11 is 5.88. The molecule has 2 N–H and O–H groups in total. The summed E-state index contributed by atoms with van der Waals surface area (Å²) in [6, 6.07) is 9.19. The van der Waals surface area contributed by atoms with E-state index >= 15 is 0 Å². The highest BCUT2D eigenvalue weighted by molar-refractivity contribution is 7.92.